The molecular weight excluding hydrogens is 188 g/mol. The summed E-state index contributed by atoms with van der Waals surface area (Å²) in [4.78, 5) is 13.8. The molecule has 1 rings (SSSR count). The van der Waals surface area contributed by atoms with Crippen molar-refractivity contribution in [3.8, 4) is 0 Å². The number of carbonyl (C=O) groups excluding carboxylic acids is 1. The van der Waals surface area contributed by atoms with E-state index in [1.807, 2.05) is 18.9 Å². The van der Waals surface area contributed by atoms with Crippen LogP contribution in [0, 0.1) is 0 Å². The van der Waals surface area contributed by atoms with Crippen LogP contribution in [0.4, 0.5) is 0 Å². The zero-order valence-corrected chi connectivity index (χ0v) is 10.0. The number of hydrogen-bond donors (Lipinski definition) is 1. The van der Waals surface area contributed by atoms with Gasteiger partial charge in [0.1, 0.15) is 0 Å². The van der Waals surface area contributed by atoms with Gasteiger partial charge in [-0.2, -0.15) is 0 Å². The fourth-order valence-electron chi connectivity index (χ4n) is 2.26. The van der Waals surface area contributed by atoms with Crippen molar-refractivity contribution in [3.05, 3.63) is 0 Å². The van der Waals surface area contributed by atoms with E-state index in [2.05, 4.69) is 0 Å². The summed E-state index contributed by atoms with van der Waals surface area (Å²) in [5.41, 5.74) is 5.77. The molecule has 1 fully saturated rings. The first-order chi connectivity index (χ1) is 7.16. The molecule has 3 heteroatoms. The lowest BCUT2D eigenvalue weighted by molar-refractivity contribution is -0.133. The SMILES string of the molecule is CC[C@@H](N)C(=O)N(C)C1CCCCCC1. The van der Waals surface area contributed by atoms with Crippen LogP contribution >= 0.6 is 0 Å². The largest absolute Gasteiger partial charge is 0.341 e. The van der Waals surface area contributed by atoms with Crippen molar-refractivity contribution in [3.63, 3.8) is 0 Å². The van der Waals surface area contributed by atoms with Crippen molar-refractivity contribution < 1.29 is 4.79 Å². The van der Waals surface area contributed by atoms with Gasteiger partial charge in [-0.1, -0.05) is 32.6 Å². The molecule has 1 saturated carbocycles. The normalized spacial score (nSPS) is 20.7. The highest BCUT2D eigenvalue weighted by molar-refractivity contribution is 5.81. The Kier molecular flexibility index (Phi) is 5.09. The van der Waals surface area contributed by atoms with Gasteiger partial charge in [0.05, 0.1) is 6.04 Å². The Morgan fingerprint density at radius 2 is 1.87 bits per heavy atom. The predicted molar refractivity (Wildman–Crippen MR) is 62.5 cm³/mol. The summed E-state index contributed by atoms with van der Waals surface area (Å²) in [5, 5.41) is 0. The molecule has 1 amide bonds. The van der Waals surface area contributed by atoms with Gasteiger partial charge >= 0.3 is 0 Å². The summed E-state index contributed by atoms with van der Waals surface area (Å²) in [6, 6.07) is 0.121. The number of likely N-dealkylation sites (N-methyl/N-ethyl adjacent to an activating group) is 1. The van der Waals surface area contributed by atoms with Crippen LogP contribution in [-0.2, 0) is 4.79 Å². The van der Waals surface area contributed by atoms with Gasteiger partial charge in [0.15, 0.2) is 0 Å². The molecule has 0 aromatic rings. The second-order valence-corrected chi connectivity index (χ2v) is 4.61. The van der Waals surface area contributed by atoms with Gasteiger partial charge in [-0.25, -0.2) is 0 Å². The molecule has 88 valence electrons. The highest BCUT2D eigenvalue weighted by Gasteiger charge is 2.23. The van der Waals surface area contributed by atoms with E-state index in [1.54, 1.807) is 0 Å². The van der Waals surface area contributed by atoms with Gasteiger partial charge in [0.25, 0.3) is 0 Å². The summed E-state index contributed by atoms with van der Waals surface area (Å²) >= 11 is 0. The molecule has 0 unspecified atom stereocenters. The maximum absolute atomic E-state index is 11.9. The summed E-state index contributed by atoms with van der Waals surface area (Å²) in [5.74, 6) is 0.115. The van der Waals surface area contributed by atoms with Crippen LogP contribution in [-0.4, -0.2) is 29.9 Å². The predicted octanol–water partition coefficient (Wildman–Crippen LogP) is 1.90. The molecule has 3 nitrogen and oxygen atoms in total. The average molecular weight is 212 g/mol. The number of hydrogen-bond acceptors (Lipinski definition) is 2. The third-order valence-electron chi connectivity index (χ3n) is 3.48. The lowest BCUT2D eigenvalue weighted by Gasteiger charge is -2.29. The second kappa shape index (κ2) is 6.11. The molecule has 0 bridgehead atoms. The monoisotopic (exact) mass is 212 g/mol. The topological polar surface area (TPSA) is 46.3 Å². The van der Waals surface area contributed by atoms with Gasteiger partial charge in [0, 0.05) is 13.1 Å². The molecule has 0 aromatic heterocycles. The Balaban J connectivity index is 2.49. The number of carbonyl (C=O) groups is 1. The van der Waals surface area contributed by atoms with Gasteiger partial charge < -0.3 is 10.6 Å². The zero-order chi connectivity index (χ0) is 11.3. The third-order valence-corrected chi connectivity index (χ3v) is 3.48. The van der Waals surface area contributed by atoms with Crippen LogP contribution in [0.15, 0.2) is 0 Å². The maximum atomic E-state index is 11.9. The van der Waals surface area contributed by atoms with Gasteiger partial charge in [0.2, 0.25) is 5.91 Å². The molecule has 0 spiro atoms. The minimum absolute atomic E-state index is 0.115. The molecule has 2 N–H and O–H groups in total. The van der Waals surface area contributed by atoms with Gasteiger partial charge in [-0.05, 0) is 19.3 Å². The first kappa shape index (κ1) is 12.5. The van der Waals surface area contributed by atoms with Crippen molar-refractivity contribution in [2.24, 2.45) is 5.73 Å². The van der Waals surface area contributed by atoms with Crippen molar-refractivity contribution in [2.75, 3.05) is 7.05 Å². The van der Waals surface area contributed by atoms with E-state index in [4.69, 9.17) is 5.73 Å². The van der Waals surface area contributed by atoms with Crippen LogP contribution in [0.1, 0.15) is 51.9 Å². The molecule has 1 atom stereocenters. The highest BCUT2D eigenvalue weighted by atomic mass is 16.2. The second-order valence-electron chi connectivity index (χ2n) is 4.61. The van der Waals surface area contributed by atoms with Gasteiger partial charge in [-0.3, -0.25) is 4.79 Å². The Hall–Kier alpha value is -0.570. The molecule has 0 aliphatic heterocycles. The standard InChI is InChI=1S/C12H24N2O/c1-3-11(13)12(15)14(2)10-8-6-4-5-7-9-10/h10-11H,3-9,13H2,1-2H3/t11-/m1/s1. The van der Waals surface area contributed by atoms with E-state index in [0.717, 1.165) is 19.3 Å². The molecule has 1 aliphatic carbocycles. The lowest BCUT2D eigenvalue weighted by Crippen LogP contribution is -2.46. The van der Waals surface area contributed by atoms with Crippen molar-refractivity contribution in [1.29, 1.82) is 0 Å². The molecule has 0 heterocycles. The first-order valence-corrected chi connectivity index (χ1v) is 6.19. The van der Waals surface area contributed by atoms with Crippen molar-refractivity contribution in [2.45, 2.75) is 64.0 Å². The summed E-state index contributed by atoms with van der Waals surface area (Å²) in [7, 11) is 1.91. The van der Waals surface area contributed by atoms with E-state index < -0.39 is 0 Å². The summed E-state index contributed by atoms with van der Waals surface area (Å²) in [6.45, 7) is 1.96. The molecule has 1 aliphatic rings. The first-order valence-electron chi connectivity index (χ1n) is 6.19. The van der Waals surface area contributed by atoms with Crippen molar-refractivity contribution in [1.82, 2.24) is 4.90 Å². The van der Waals surface area contributed by atoms with Crippen LogP contribution in [0.25, 0.3) is 0 Å². The van der Waals surface area contributed by atoms with Crippen molar-refractivity contribution >= 4 is 5.91 Å². The summed E-state index contributed by atoms with van der Waals surface area (Å²) < 4.78 is 0. The molecular formula is C12H24N2O. The van der Waals surface area contributed by atoms with E-state index >= 15 is 0 Å². The number of nitrogens with two attached hydrogens (primary N) is 1. The Morgan fingerprint density at radius 3 is 2.33 bits per heavy atom. The van der Waals surface area contributed by atoms with Crippen LogP contribution in [0.5, 0.6) is 0 Å². The smallest absolute Gasteiger partial charge is 0.239 e. The van der Waals surface area contributed by atoms with Crippen LogP contribution in [0.2, 0.25) is 0 Å². The molecule has 0 radical (unpaired) electrons. The summed E-state index contributed by atoms with van der Waals surface area (Å²) in [6.07, 6.45) is 8.18. The van der Waals surface area contributed by atoms with Crippen LogP contribution < -0.4 is 5.73 Å². The van der Waals surface area contributed by atoms with E-state index in [0.29, 0.717) is 6.04 Å². The number of amides is 1. The highest BCUT2D eigenvalue weighted by Crippen LogP contribution is 2.21. The minimum Gasteiger partial charge on any atom is -0.341 e. The fourth-order valence-corrected chi connectivity index (χ4v) is 2.26. The average Bonchev–Trinajstić information content (AvgIpc) is 2.54. The maximum Gasteiger partial charge on any atom is 0.239 e. The van der Waals surface area contributed by atoms with E-state index in [1.165, 1.54) is 25.7 Å². The minimum atomic E-state index is -0.307. The fraction of sp³-hybridized carbons (Fsp3) is 0.917. The zero-order valence-electron chi connectivity index (χ0n) is 10.0. The molecule has 0 saturated heterocycles. The van der Waals surface area contributed by atoms with E-state index in [9.17, 15) is 4.79 Å². The number of rotatable bonds is 3. The van der Waals surface area contributed by atoms with Gasteiger partial charge in [-0.15, -0.1) is 0 Å². The quantitative estimate of drug-likeness (QED) is 0.726. The Bertz CT molecular complexity index is 198. The Labute approximate surface area is 93.0 Å². The lowest BCUT2D eigenvalue weighted by atomic mass is 10.1. The van der Waals surface area contributed by atoms with Crippen LogP contribution in [0.3, 0.4) is 0 Å². The number of nitrogens with zero attached hydrogens (tertiary/aromatic N) is 1. The van der Waals surface area contributed by atoms with E-state index in [-0.39, 0.29) is 11.9 Å². The Morgan fingerprint density at radius 1 is 1.33 bits per heavy atom. The third kappa shape index (κ3) is 3.49. The molecule has 15 heavy (non-hydrogen) atoms. The molecule has 0 aromatic carbocycles.